The molecule has 0 amide bonds. The van der Waals surface area contributed by atoms with Gasteiger partial charge in [0.2, 0.25) is 0 Å². The van der Waals surface area contributed by atoms with Crippen molar-refractivity contribution in [2.24, 2.45) is 0 Å². The molecule has 3 nitrogen and oxygen atoms in total. The van der Waals surface area contributed by atoms with E-state index in [9.17, 15) is 9.18 Å². The second-order valence-electron chi connectivity index (χ2n) is 10.6. The maximum absolute atomic E-state index is 13.7. The molecule has 0 saturated heterocycles. The van der Waals surface area contributed by atoms with Crippen LogP contribution in [0.2, 0.25) is 0 Å². The van der Waals surface area contributed by atoms with Gasteiger partial charge < -0.3 is 0 Å². The van der Waals surface area contributed by atoms with Crippen molar-refractivity contribution < 1.29 is 4.39 Å². The minimum absolute atomic E-state index is 0.0989. The van der Waals surface area contributed by atoms with Crippen molar-refractivity contribution in [2.45, 2.75) is 33.1 Å². The highest BCUT2D eigenvalue weighted by Gasteiger charge is 2.14. The summed E-state index contributed by atoms with van der Waals surface area (Å²) in [6.45, 7) is 8.54. The number of benzene rings is 4. The van der Waals surface area contributed by atoms with E-state index >= 15 is 0 Å². The van der Waals surface area contributed by atoms with Gasteiger partial charge in [-0.3, -0.25) is 9.36 Å². The van der Waals surface area contributed by atoms with Crippen molar-refractivity contribution in [3.05, 3.63) is 141 Å². The van der Waals surface area contributed by atoms with Crippen molar-refractivity contribution >= 4 is 23.1 Å². The summed E-state index contributed by atoms with van der Waals surface area (Å²) >= 11 is 0. The molecule has 5 rings (SSSR count). The fraction of sp³-hybridized carbons (Fsp3) is 0.143. The molecule has 0 aliphatic heterocycles. The van der Waals surface area contributed by atoms with Crippen LogP contribution in [0.4, 0.5) is 4.39 Å². The summed E-state index contributed by atoms with van der Waals surface area (Å²) in [4.78, 5) is 18.4. The minimum atomic E-state index is -0.298. The molecule has 4 heteroatoms. The molecule has 1 heterocycles. The quantitative estimate of drug-likeness (QED) is 0.232. The van der Waals surface area contributed by atoms with Crippen LogP contribution < -0.4 is 5.56 Å². The van der Waals surface area contributed by atoms with Gasteiger partial charge in [-0.1, -0.05) is 75.1 Å². The molecule has 0 bridgehead atoms. The van der Waals surface area contributed by atoms with E-state index in [1.54, 1.807) is 28.8 Å². The van der Waals surface area contributed by atoms with Gasteiger partial charge in [-0.25, -0.2) is 9.37 Å². The average molecular weight is 513 g/mol. The molecular weight excluding hydrogens is 483 g/mol. The number of hydrogen-bond donors (Lipinski definition) is 0. The van der Waals surface area contributed by atoms with Crippen LogP contribution in [0.25, 0.3) is 28.7 Å². The van der Waals surface area contributed by atoms with E-state index in [1.165, 1.54) is 17.7 Å². The summed E-state index contributed by atoms with van der Waals surface area (Å²) < 4.78 is 15.0. The van der Waals surface area contributed by atoms with Gasteiger partial charge >= 0.3 is 0 Å². The largest absolute Gasteiger partial charge is 0.268 e. The van der Waals surface area contributed by atoms with E-state index in [1.807, 2.05) is 49.4 Å². The van der Waals surface area contributed by atoms with Gasteiger partial charge in [0.25, 0.3) is 5.56 Å². The average Bonchev–Trinajstić information content (AvgIpc) is 2.92. The Morgan fingerprint density at radius 1 is 0.821 bits per heavy atom. The van der Waals surface area contributed by atoms with Crippen LogP contribution in [0, 0.1) is 24.6 Å². The Labute approximate surface area is 228 Å². The molecule has 39 heavy (non-hydrogen) atoms. The maximum Gasteiger partial charge on any atom is 0.266 e. The Balaban J connectivity index is 1.54. The first-order valence-corrected chi connectivity index (χ1v) is 12.9. The van der Waals surface area contributed by atoms with Crippen LogP contribution in [-0.4, -0.2) is 9.55 Å². The van der Waals surface area contributed by atoms with E-state index in [0.717, 1.165) is 27.9 Å². The molecule has 0 aliphatic carbocycles. The number of halogens is 1. The molecule has 0 radical (unpaired) electrons. The third kappa shape index (κ3) is 5.73. The molecule has 4 aromatic carbocycles. The van der Waals surface area contributed by atoms with Gasteiger partial charge in [0.1, 0.15) is 11.6 Å². The van der Waals surface area contributed by atoms with E-state index in [4.69, 9.17) is 4.98 Å². The fourth-order valence-electron chi connectivity index (χ4n) is 4.42. The molecule has 0 saturated carbocycles. The lowest BCUT2D eigenvalue weighted by molar-refractivity contribution is 0.590. The molecule has 0 atom stereocenters. The Hall–Kier alpha value is -4.75. The van der Waals surface area contributed by atoms with Crippen molar-refractivity contribution in [1.82, 2.24) is 9.55 Å². The summed E-state index contributed by atoms with van der Waals surface area (Å²) in [5.74, 6) is 6.69. The first kappa shape index (κ1) is 25.9. The minimum Gasteiger partial charge on any atom is -0.268 e. The fourth-order valence-corrected chi connectivity index (χ4v) is 4.42. The van der Waals surface area contributed by atoms with Crippen molar-refractivity contribution in [3.63, 3.8) is 0 Å². The van der Waals surface area contributed by atoms with Crippen LogP contribution in [-0.2, 0) is 5.41 Å². The Kier molecular flexibility index (Phi) is 7.00. The summed E-state index contributed by atoms with van der Waals surface area (Å²) in [5, 5.41) is 0.540. The highest BCUT2D eigenvalue weighted by Crippen LogP contribution is 2.22. The van der Waals surface area contributed by atoms with Gasteiger partial charge in [-0.2, -0.15) is 0 Å². The topological polar surface area (TPSA) is 34.9 Å². The lowest BCUT2D eigenvalue weighted by atomic mass is 9.87. The number of fused-ring (bicyclic) bond motifs is 1. The lowest BCUT2D eigenvalue weighted by Gasteiger charge is -2.18. The van der Waals surface area contributed by atoms with Crippen LogP contribution >= 0.6 is 0 Å². The van der Waals surface area contributed by atoms with Gasteiger partial charge in [-0.05, 0) is 89.7 Å². The number of nitrogens with zero attached hydrogens (tertiary/aromatic N) is 2. The van der Waals surface area contributed by atoms with Gasteiger partial charge in [0.15, 0.2) is 0 Å². The Bertz CT molecular complexity index is 1810. The second-order valence-corrected chi connectivity index (χ2v) is 10.6. The second kappa shape index (κ2) is 10.6. The smallest absolute Gasteiger partial charge is 0.266 e. The third-order valence-corrected chi connectivity index (χ3v) is 6.64. The molecular formula is C35H29FN2O. The first-order valence-electron chi connectivity index (χ1n) is 12.9. The number of aromatic nitrogens is 2. The van der Waals surface area contributed by atoms with Crippen LogP contribution in [0.15, 0.2) is 95.8 Å². The number of hydrogen-bond acceptors (Lipinski definition) is 2. The molecule has 192 valence electrons. The summed E-state index contributed by atoms with van der Waals surface area (Å²) in [5.41, 5.74) is 6.10. The molecule has 1 aromatic heterocycles. The Morgan fingerprint density at radius 3 is 2.18 bits per heavy atom. The molecule has 0 N–H and O–H groups in total. The van der Waals surface area contributed by atoms with Crippen molar-refractivity contribution in [3.8, 4) is 17.5 Å². The van der Waals surface area contributed by atoms with E-state index in [2.05, 4.69) is 56.9 Å². The highest BCUT2D eigenvalue weighted by molar-refractivity contribution is 5.80. The monoisotopic (exact) mass is 512 g/mol. The molecule has 5 aromatic rings. The predicted molar refractivity (Wildman–Crippen MR) is 159 cm³/mol. The summed E-state index contributed by atoms with van der Waals surface area (Å²) in [6.07, 6.45) is 3.61. The van der Waals surface area contributed by atoms with E-state index < -0.39 is 0 Å². The zero-order chi connectivity index (χ0) is 27.6. The lowest BCUT2D eigenvalue weighted by Crippen LogP contribution is -2.23. The molecule has 0 spiro atoms. The normalized spacial score (nSPS) is 11.5. The van der Waals surface area contributed by atoms with Crippen molar-refractivity contribution in [2.75, 3.05) is 0 Å². The Morgan fingerprint density at radius 2 is 1.49 bits per heavy atom. The third-order valence-electron chi connectivity index (χ3n) is 6.64. The SMILES string of the molecule is Cc1cc(C#Cc2ccc(C(C)(C)C)cc2)ccc1-n1c(/C=C/c2ccc(F)cc2)nc2ccccc2c1=O. The van der Waals surface area contributed by atoms with E-state index in [0.29, 0.717) is 16.7 Å². The van der Waals surface area contributed by atoms with Gasteiger partial charge in [0, 0.05) is 11.1 Å². The highest BCUT2D eigenvalue weighted by atomic mass is 19.1. The summed E-state index contributed by atoms with van der Waals surface area (Å²) in [7, 11) is 0. The molecule has 0 unspecified atom stereocenters. The number of para-hydroxylation sites is 1. The van der Waals surface area contributed by atoms with Gasteiger partial charge in [0.05, 0.1) is 16.6 Å². The zero-order valence-corrected chi connectivity index (χ0v) is 22.5. The van der Waals surface area contributed by atoms with E-state index in [-0.39, 0.29) is 16.8 Å². The molecule has 0 aliphatic rings. The van der Waals surface area contributed by atoms with Gasteiger partial charge in [-0.15, -0.1) is 0 Å². The number of rotatable bonds is 3. The van der Waals surface area contributed by atoms with Crippen LogP contribution in [0.5, 0.6) is 0 Å². The first-order chi connectivity index (χ1) is 18.7. The maximum atomic E-state index is 13.7. The van der Waals surface area contributed by atoms with Crippen LogP contribution in [0.3, 0.4) is 0 Å². The van der Waals surface area contributed by atoms with Crippen molar-refractivity contribution in [1.29, 1.82) is 0 Å². The van der Waals surface area contributed by atoms with Crippen LogP contribution in [0.1, 0.15) is 54.4 Å². The summed E-state index contributed by atoms with van der Waals surface area (Å²) in [6, 6.07) is 27.7. The molecule has 0 fully saturated rings. The standard InChI is InChI=1S/C35H29FN2O/c1-24-23-27(10-9-25-11-17-28(18-12-25)35(2,3)4)15-21-32(24)38-33(22-16-26-13-19-29(36)20-14-26)37-31-8-6-5-7-30(31)34(38)39/h5-8,11-23H,1-4H3/b22-16+. The predicted octanol–water partition coefficient (Wildman–Crippen LogP) is 7.70. The number of aryl methyl sites for hydroxylation is 1. The zero-order valence-electron chi connectivity index (χ0n) is 22.5.